The van der Waals surface area contributed by atoms with Crippen LogP contribution in [0.2, 0.25) is 5.02 Å². The van der Waals surface area contributed by atoms with E-state index in [0.717, 1.165) is 5.56 Å². The first-order chi connectivity index (χ1) is 11.5. The molecule has 1 heterocycles. The van der Waals surface area contributed by atoms with E-state index in [4.69, 9.17) is 16.3 Å². The molecule has 122 valence electrons. The molecule has 0 fully saturated rings. The van der Waals surface area contributed by atoms with Crippen molar-refractivity contribution in [1.82, 2.24) is 4.98 Å². The monoisotopic (exact) mass is 341 g/mol. The summed E-state index contributed by atoms with van der Waals surface area (Å²) >= 11 is 6.14. The second-order valence-corrected chi connectivity index (χ2v) is 5.64. The molecule has 6 heteroatoms. The number of hydrogen-bond acceptors (Lipinski definition) is 5. The molecule has 0 unspecified atom stereocenters. The summed E-state index contributed by atoms with van der Waals surface area (Å²) < 4.78 is 5.31. The van der Waals surface area contributed by atoms with Gasteiger partial charge in [0.15, 0.2) is 0 Å². The van der Waals surface area contributed by atoms with Crippen LogP contribution in [0.4, 0.5) is 11.4 Å². The van der Waals surface area contributed by atoms with Gasteiger partial charge in [-0.25, -0.2) is 0 Å². The number of anilines is 2. The summed E-state index contributed by atoms with van der Waals surface area (Å²) in [6, 6.07) is 10.7. The van der Waals surface area contributed by atoms with E-state index >= 15 is 0 Å². The van der Waals surface area contributed by atoms with Gasteiger partial charge in [0.2, 0.25) is 0 Å². The summed E-state index contributed by atoms with van der Waals surface area (Å²) in [5, 5.41) is 15.9. The Morgan fingerprint density at radius 2 is 2.00 bits per heavy atom. The van der Waals surface area contributed by atoms with E-state index in [9.17, 15) is 9.90 Å². The number of carboxylic acids is 1. The van der Waals surface area contributed by atoms with Crippen molar-refractivity contribution in [1.29, 1.82) is 0 Å². The molecule has 0 atom stereocenters. The molecule has 0 bridgehead atoms. The molecule has 0 saturated carbocycles. The molecular formula is C18H14ClN2O3-. The first kappa shape index (κ1) is 16.1. The van der Waals surface area contributed by atoms with Crippen LogP contribution in [0.1, 0.15) is 15.9 Å². The lowest BCUT2D eigenvalue weighted by molar-refractivity contribution is -0.254. The number of rotatable bonds is 4. The number of carbonyl (C=O) groups is 1. The lowest BCUT2D eigenvalue weighted by Crippen LogP contribution is -2.23. The number of benzene rings is 2. The number of aromatic carboxylic acids is 1. The lowest BCUT2D eigenvalue weighted by atomic mass is 10.1. The Morgan fingerprint density at radius 3 is 2.71 bits per heavy atom. The minimum atomic E-state index is -1.31. The van der Waals surface area contributed by atoms with E-state index in [1.165, 1.54) is 6.20 Å². The molecule has 1 aromatic heterocycles. The maximum absolute atomic E-state index is 11.5. The fourth-order valence-corrected chi connectivity index (χ4v) is 2.71. The zero-order chi connectivity index (χ0) is 17.3. The van der Waals surface area contributed by atoms with Gasteiger partial charge in [-0.3, -0.25) is 4.98 Å². The van der Waals surface area contributed by atoms with Gasteiger partial charge in [-0.15, -0.1) is 0 Å². The maximum atomic E-state index is 11.5. The number of aryl methyl sites for hydroxylation is 1. The Labute approximate surface area is 143 Å². The number of pyridine rings is 1. The standard InChI is InChI=1S/C18H15ClN2O3/c1-10-13(19)8-7-11-16(10)20-9-12(18(22)23)17(11)21-14-5-3-4-6-15(14)24-2/h3-9H,1-2H3,(H,20,21)(H,22,23)/p-1. The van der Waals surface area contributed by atoms with Crippen LogP contribution in [0.15, 0.2) is 42.6 Å². The van der Waals surface area contributed by atoms with Gasteiger partial charge in [0.05, 0.1) is 30.0 Å². The van der Waals surface area contributed by atoms with Gasteiger partial charge in [-0.05, 0) is 36.8 Å². The smallest absolute Gasteiger partial charge is 0.142 e. The third-order valence-electron chi connectivity index (χ3n) is 3.81. The first-order valence-electron chi connectivity index (χ1n) is 7.22. The van der Waals surface area contributed by atoms with Crippen LogP contribution in [0.3, 0.4) is 0 Å². The van der Waals surface area contributed by atoms with Crippen molar-refractivity contribution in [2.75, 3.05) is 12.4 Å². The largest absolute Gasteiger partial charge is 0.545 e. The summed E-state index contributed by atoms with van der Waals surface area (Å²) in [4.78, 5) is 15.7. The molecule has 0 aliphatic carbocycles. The first-order valence-corrected chi connectivity index (χ1v) is 7.60. The Balaban J connectivity index is 2.26. The van der Waals surface area contributed by atoms with Crippen molar-refractivity contribution >= 4 is 39.8 Å². The van der Waals surface area contributed by atoms with Crippen molar-refractivity contribution in [2.45, 2.75) is 6.92 Å². The summed E-state index contributed by atoms with van der Waals surface area (Å²) in [5.74, 6) is -0.716. The Kier molecular flexibility index (Phi) is 4.27. The van der Waals surface area contributed by atoms with E-state index < -0.39 is 5.97 Å². The Hall–Kier alpha value is -2.79. The molecule has 3 aromatic rings. The second-order valence-electron chi connectivity index (χ2n) is 5.23. The van der Waals surface area contributed by atoms with Gasteiger partial charge >= 0.3 is 0 Å². The fraction of sp³-hybridized carbons (Fsp3) is 0.111. The highest BCUT2D eigenvalue weighted by molar-refractivity contribution is 6.32. The number of para-hydroxylation sites is 2. The lowest BCUT2D eigenvalue weighted by Gasteiger charge is -2.18. The zero-order valence-corrected chi connectivity index (χ0v) is 13.8. The molecule has 2 aromatic carbocycles. The molecule has 0 aliphatic rings. The molecule has 0 saturated heterocycles. The van der Waals surface area contributed by atoms with Crippen LogP contribution in [-0.2, 0) is 0 Å². The molecule has 0 radical (unpaired) electrons. The molecule has 1 N–H and O–H groups in total. The van der Waals surface area contributed by atoms with Gasteiger partial charge in [0, 0.05) is 22.2 Å². The van der Waals surface area contributed by atoms with Crippen LogP contribution in [0.5, 0.6) is 5.75 Å². The predicted molar refractivity (Wildman–Crippen MR) is 92.1 cm³/mol. The van der Waals surface area contributed by atoms with Gasteiger partial charge in [-0.1, -0.05) is 23.7 Å². The number of nitrogens with zero attached hydrogens (tertiary/aromatic N) is 1. The average molecular weight is 342 g/mol. The quantitative estimate of drug-likeness (QED) is 0.788. The van der Waals surface area contributed by atoms with E-state index in [1.807, 2.05) is 19.1 Å². The second kappa shape index (κ2) is 6.37. The summed E-state index contributed by atoms with van der Waals surface area (Å²) in [7, 11) is 1.55. The van der Waals surface area contributed by atoms with Crippen LogP contribution in [0, 0.1) is 6.92 Å². The minimum absolute atomic E-state index is 0.0323. The number of methoxy groups -OCH3 is 1. The Morgan fingerprint density at radius 1 is 1.25 bits per heavy atom. The number of nitrogens with one attached hydrogen (secondary N) is 1. The number of hydrogen-bond donors (Lipinski definition) is 1. The summed E-state index contributed by atoms with van der Waals surface area (Å²) in [5.41, 5.74) is 2.41. The predicted octanol–water partition coefficient (Wildman–Crippen LogP) is 3.31. The third-order valence-corrected chi connectivity index (χ3v) is 4.22. The molecule has 0 spiro atoms. The van der Waals surface area contributed by atoms with E-state index in [-0.39, 0.29) is 5.56 Å². The third kappa shape index (κ3) is 2.74. The minimum Gasteiger partial charge on any atom is -0.545 e. The Bertz CT molecular complexity index is 941. The van der Waals surface area contributed by atoms with E-state index in [0.29, 0.717) is 33.0 Å². The highest BCUT2D eigenvalue weighted by Gasteiger charge is 2.14. The van der Waals surface area contributed by atoms with Crippen molar-refractivity contribution in [3.8, 4) is 5.75 Å². The highest BCUT2D eigenvalue weighted by atomic mass is 35.5. The molecule has 24 heavy (non-hydrogen) atoms. The molecular weight excluding hydrogens is 328 g/mol. The maximum Gasteiger partial charge on any atom is 0.142 e. The van der Waals surface area contributed by atoms with E-state index in [2.05, 4.69) is 10.3 Å². The number of carbonyl (C=O) groups excluding carboxylic acids is 1. The zero-order valence-electron chi connectivity index (χ0n) is 13.1. The van der Waals surface area contributed by atoms with Gasteiger partial charge in [0.25, 0.3) is 0 Å². The normalized spacial score (nSPS) is 10.6. The molecule has 0 aliphatic heterocycles. The number of fused-ring (bicyclic) bond motifs is 1. The molecule has 0 amide bonds. The van der Waals surface area contributed by atoms with Crippen LogP contribution in [-0.4, -0.2) is 18.1 Å². The SMILES string of the molecule is COc1ccccc1Nc1c(C(=O)[O-])cnc2c(C)c(Cl)ccc12. The molecule has 5 nitrogen and oxygen atoms in total. The van der Waals surface area contributed by atoms with Gasteiger partial charge in [0.1, 0.15) is 5.75 Å². The van der Waals surface area contributed by atoms with Crippen molar-refractivity contribution in [2.24, 2.45) is 0 Å². The number of halogens is 1. The average Bonchev–Trinajstić information content (AvgIpc) is 2.58. The highest BCUT2D eigenvalue weighted by Crippen LogP contribution is 2.35. The topological polar surface area (TPSA) is 74.3 Å². The van der Waals surface area contributed by atoms with Gasteiger partial charge < -0.3 is 20.0 Å². The van der Waals surface area contributed by atoms with Crippen molar-refractivity contribution in [3.05, 3.63) is 58.7 Å². The van der Waals surface area contributed by atoms with Crippen LogP contribution < -0.4 is 15.2 Å². The fourth-order valence-electron chi connectivity index (χ4n) is 2.55. The van der Waals surface area contributed by atoms with Gasteiger partial charge in [-0.2, -0.15) is 0 Å². The number of ether oxygens (including phenoxy) is 1. The van der Waals surface area contributed by atoms with Crippen LogP contribution in [0.25, 0.3) is 10.9 Å². The summed E-state index contributed by atoms with van der Waals surface area (Å²) in [6.07, 6.45) is 1.28. The van der Waals surface area contributed by atoms with Crippen LogP contribution >= 0.6 is 11.6 Å². The van der Waals surface area contributed by atoms with E-state index in [1.54, 1.807) is 31.4 Å². The number of aromatic nitrogens is 1. The van der Waals surface area contributed by atoms with Crippen molar-refractivity contribution < 1.29 is 14.6 Å². The molecule has 3 rings (SSSR count). The van der Waals surface area contributed by atoms with Crippen molar-refractivity contribution in [3.63, 3.8) is 0 Å². The number of carboxylic acid groups (broad SMARTS) is 1. The summed E-state index contributed by atoms with van der Waals surface area (Å²) in [6.45, 7) is 1.84.